The first-order chi connectivity index (χ1) is 12.1. The van der Waals surface area contributed by atoms with Crippen molar-refractivity contribution in [1.82, 2.24) is 0 Å². The summed E-state index contributed by atoms with van der Waals surface area (Å²) in [5.74, 6) is 1.09. The molecule has 0 unspecified atom stereocenters. The zero-order valence-electron chi connectivity index (χ0n) is 14.5. The molecule has 130 valence electrons. The van der Waals surface area contributed by atoms with Crippen molar-refractivity contribution in [3.05, 3.63) is 47.5 Å². The van der Waals surface area contributed by atoms with Gasteiger partial charge in [0.15, 0.2) is 18.1 Å². The van der Waals surface area contributed by atoms with Crippen molar-refractivity contribution < 1.29 is 19.0 Å². The first-order valence-electron chi connectivity index (χ1n) is 7.81. The standard InChI is InChI=1S/C19H20N2O4/c1-4-24-17-9-13(2)5-7-15(17)21-19(22)12-25-16-8-6-14(11-20)10-18(16)23-3/h5-10H,4,12H2,1-3H3,(H,21,22). The molecule has 0 radical (unpaired) electrons. The fourth-order valence-corrected chi connectivity index (χ4v) is 2.19. The van der Waals surface area contributed by atoms with E-state index in [4.69, 9.17) is 19.5 Å². The molecule has 1 N–H and O–H groups in total. The molecular weight excluding hydrogens is 320 g/mol. The molecule has 0 aliphatic heterocycles. The monoisotopic (exact) mass is 340 g/mol. The molecule has 0 aliphatic carbocycles. The van der Waals surface area contributed by atoms with E-state index < -0.39 is 0 Å². The number of benzene rings is 2. The van der Waals surface area contributed by atoms with Gasteiger partial charge in [0.1, 0.15) is 5.75 Å². The van der Waals surface area contributed by atoms with Crippen molar-refractivity contribution >= 4 is 11.6 Å². The largest absolute Gasteiger partial charge is 0.493 e. The quantitative estimate of drug-likeness (QED) is 0.836. The summed E-state index contributed by atoms with van der Waals surface area (Å²) in [6.07, 6.45) is 0. The van der Waals surface area contributed by atoms with Gasteiger partial charge in [-0.3, -0.25) is 4.79 Å². The molecular formula is C19H20N2O4. The molecule has 0 aromatic heterocycles. The highest BCUT2D eigenvalue weighted by Crippen LogP contribution is 2.28. The number of nitrogens with one attached hydrogen (secondary N) is 1. The summed E-state index contributed by atoms with van der Waals surface area (Å²) in [6, 6.07) is 12.3. The Hall–Kier alpha value is -3.20. The van der Waals surface area contributed by atoms with E-state index in [1.165, 1.54) is 7.11 Å². The minimum atomic E-state index is -0.323. The van der Waals surface area contributed by atoms with Crippen LogP contribution in [0.15, 0.2) is 36.4 Å². The summed E-state index contributed by atoms with van der Waals surface area (Å²) in [4.78, 5) is 12.2. The zero-order valence-corrected chi connectivity index (χ0v) is 14.5. The van der Waals surface area contributed by atoms with Gasteiger partial charge in [-0.2, -0.15) is 5.26 Å². The van der Waals surface area contributed by atoms with Gasteiger partial charge in [-0.1, -0.05) is 6.07 Å². The molecule has 6 nitrogen and oxygen atoms in total. The maximum atomic E-state index is 12.2. The minimum Gasteiger partial charge on any atom is -0.493 e. The number of carbonyl (C=O) groups is 1. The lowest BCUT2D eigenvalue weighted by molar-refractivity contribution is -0.118. The van der Waals surface area contributed by atoms with E-state index in [0.29, 0.717) is 35.1 Å². The minimum absolute atomic E-state index is 0.193. The second kappa shape index (κ2) is 8.60. The van der Waals surface area contributed by atoms with Crippen LogP contribution in [0.5, 0.6) is 17.2 Å². The first-order valence-corrected chi connectivity index (χ1v) is 7.81. The third-order valence-electron chi connectivity index (χ3n) is 3.36. The van der Waals surface area contributed by atoms with E-state index in [1.807, 2.05) is 32.0 Å². The highest BCUT2D eigenvalue weighted by atomic mass is 16.5. The van der Waals surface area contributed by atoms with E-state index in [-0.39, 0.29) is 12.5 Å². The lowest BCUT2D eigenvalue weighted by Crippen LogP contribution is -2.20. The number of rotatable bonds is 7. The molecule has 2 aromatic carbocycles. The number of hydrogen-bond donors (Lipinski definition) is 1. The average molecular weight is 340 g/mol. The van der Waals surface area contributed by atoms with E-state index in [2.05, 4.69) is 5.32 Å². The normalized spacial score (nSPS) is 9.84. The molecule has 0 saturated carbocycles. The van der Waals surface area contributed by atoms with Crippen LogP contribution >= 0.6 is 0 Å². The number of ether oxygens (including phenoxy) is 3. The average Bonchev–Trinajstić information content (AvgIpc) is 2.62. The summed E-state index contributed by atoms with van der Waals surface area (Å²) < 4.78 is 16.2. The zero-order chi connectivity index (χ0) is 18.2. The summed E-state index contributed by atoms with van der Waals surface area (Å²) in [5, 5.41) is 11.7. The highest BCUT2D eigenvalue weighted by molar-refractivity contribution is 5.93. The molecule has 1 amide bonds. The van der Waals surface area contributed by atoms with Crippen LogP contribution in [0.4, 0.5) is 5.69 Å². The molecule has 2 aromatic rings. The second-order valence-electron chi connectivity index (χ2n) is 5.25. The predicted octanol–water partition coefficient (Wildman–Crippen LogP) is 3.29. The molecule has 2 rings (SSSR count). The molecule has 6 heteroatoms. The maximum Gasteiger partial charge on any atom is 0.262 e. The van der Waals surface area contributed by atoms with Crippen LogP contribution in [0, 0.1) is 18.3 Å². The molecule has 0 fully saturated rings. The lowest BCUT2D eigenvalue weighted by Gasteiger charge is -2.13. The molecule has 0 saturated heterocycles. The van der Waals surface area contributed by atoms with E-state index in [9.17, 15) is 4.79 Å². The Morgan fingerprint density at radius 3 is 2.60 bits per heavy atom. The SMILES string of the molecule is CCOc1cc(C)ccc1NC(=O)COc1ccc(C#N)cc1OC. The van der Waals surface area contributed by atoms with Gasteiger partial charge in [-0.25, -0.2) is 0 Å². The van der Waals surface area contributed by atoms with Crippen molar-refractivity contribution in [2.45, 2.75) is 13.8 Å². The smallest absolute Gasteiger partial charge is 0.262 e. The highest BCUT2D eigenvalue weighted by Gasteiger charge is 2.11. The van der Waals surface area contributed by atoms with Crippen molar-refractivity contribution in [1.29, 1.82) is 5.26 Å². The van der Waals surface area contributed by atoms with Crippen LogP contribution in [0.2, 0.25) is 0 Å². The number of anilines is 1. The molecule has 0 atom stereocenters. The number of carbonyl (C=O) groups excluding carboxylic acids is 1. The van der Waals surface area contributed by atoms with E-state index in [0.717, 1.165) is 5.56 Å². The molecule has 0 aliphatic rings. The summed E-state index contributed by atoms with van der Waals surface area (Å²) in [5.41, 5.74) is 2.09. The van der Waals surface area contributed by atoms with Gasteiger partial charge in [0.2, 0.25) is 0 Å². The van der Waals surface area contributed by atoms with Crippen LogP contribution in [0.1, 0.15) is 18.1 Å². The molecule has 25 heavy (non-hydrogen) atoms. The number of amides is 1. The van der Waals surface area contributed by atoms with Gasteiger partial charge in [-0.15, -0.1) is 0 Å². The fourth-order valence-electron chi connectivity index (χ4n) is 2.19. The molecule has 0 heterocycles. The van der Waals surface area contributed by atoms with Crippen LogP contribution in [0.3, 0.4) is 0 Å². The van der Waals surface area contributed by atoms with Crippen molar-refractivity contribution in [2.75, 3.05) is 25.6 Å². The van der Waals surface area contributed by atoms with E-state index in [1.54, 1.807) is 24.3 Å². The molecule has 0 bridgehead atoms. The third-order valence-corrected chi connectivity index (χ3v) is 3.36. The predicted molar refractivity (Wildman–Crippen MR) is 94.2 cm³/mol. The van der Waals surface area contributed by atoms with Gasteiger partial charge in [0, 0.05) is 6.07 Å². The van der Waals surface area contributed by atoms with Crippen molar-refractivity contribution in [3.63, 3.8) is 0 Å². The van der Waals surface area contributed by atoms with Crippen LogP contribution < -0.4 is 19.5 Å². The Morgan fingerprint density at radius 1 is 1.12 bits per heavy atom. The van der Waals surface area contributed by atoms with Gasteiger partial charge < -0.3 is 19.5 Å². The number of aryl methyl sites for hydroxylation is 1. The Labute approximate surface area is 146 Å². The van der Waals surface area contributed by atoms with E-state index >= 15 is 0 Å². The first kappa shape index (κ1) is 18.1. The van der Waals surface area contributed by atoms with Crippen LogP contribution in [-0.2, 0) is 4.79 Å². The van der Waals surface area contributed by atoms with Crippen LogP contribution in [-0.4, -0.2) is 26.2 Å². The number of nitriles is 1. The third kappa shape index (κ3) is 4.88. The fraction of sp³-hybridized carbons (Fsp3) is 0.263. The Bertz CT molecular complexity index is 796. The van der Waals surface area contributed by atoms with Gasteiger partial charge >= 0.3 is 0 Å². The van der Waals surface area contributed by atoms with Crippen molar-refractivity contribution in [2.24, 2.45) is 0 Å². The van der Waals surface area contributed by atoms with Gasteiger partial charge in [0.05, 0.1) is 31.0 Å². The number of methoxy groups -OCH3 is 1. The summed E-state index contributed by atoms with van der Waals surface area (Å²) in [7, 11) is 1.48. The van der Waals surface area contributed by atoms with Crippen molar-refractivity contribution in [3.8, 4) is 23.3 Å². The maximum absolute atomic E-state index is 12.2. The summed E-state index contributed by atoms with van der Waals surface area (Å²) >= 11 is 0. The topological polar surface area (TPSA) is 80.6 Å². The van der Waals surface area contributed by atoms with Gasteiger partial charge in [0.25, 0.3) is 5.91 Å². The number of nitrogens with zero attached hydrogens (tertiary/aromatic N) is 1. The number of hydrogen-bond acceptors (Lipinski definition) is 5. The lowest BCUT2D eigenvalue weighted by atomic mass is 10.2. The van der Waals surface area contributed by atoms with Gasteiger partial charge in [-0.05, 0) is 43.7 Å². The summed E-state index contributed by atoms with van der Waals surface area (Å²) in [6.45, 7) is 4.15. The molecule has 0 spiro atoms. The Morgan fingerprint density at radius 2 is 1.92 bits per heavy atom. The van der Waals surface area contributed by atoms with Crippen LogP contribution in [0.25, 0.3) is 0 Å². The second-order valence-corrected chi connectivity index (χ2v) is 5.25. The Kier molecular flexibility index (Phi) is 6.24. The Balaban J connectivity index is 2.03.